The Hall–Kier alpha value is -2.45. The third-order valence-electron chi connectivity index (χ3n) is 3.92. The molecule has 0 amide bonds. The van der Waals surface area contributed by atoms with Gasteiger partial charge in [-0.05, 0) is 41.8 Å². The fourth-order valence-corrected chi connectivity index (χ4v) is 4.33. The summed E-state index contributed by atoms with van der Waals surface area (Å²) in [5.41, 5.74) is 0.608. The van der Waals surface area contributed by atoms with Crippen molar-refractivity contribution in [2.75, 3.05) is 7.11 Å². The van der Waals surface area contributed by atoms with Gasteiger partial charge in [0, 0.05) is 18.9 Å². The third kappa shape index (κ3) is 4.39. The molecule has 0 bridgehead atoms. The van der Waals surface area contributed by atoms with E-state index in [1.54, 1.807) is 32.2 Å². The number of aromatic nitrogens is 1. The van der Waals surface area contributed by atoms with E-state index in [1.165, 1.54) is 37.6 Å². The molecule has 0 aliphatic rings. The van der Waals surface area contributed by atoms with Crippen molar-refractivity contribution in [3.05, 3.63) is 54.4 Å². The zero-order chi connectivity index (χ0) is 19.3. The molecule has 0 spiro atoms. The van der Waals surface area contributed by atoms with E-state index in [1.807, 2.05) is 0 Å². The van der Waals surface area contributed by atoms with Crippen LogP contribution in [0.25, 0.3) is 0 Å². The Kier molecular flexibility index (Phi) is 6.33. The summed E-state index contributed by atoms with van der Waals surface area (Å²) in [4.78, 5) is 15.8. The van der Waals surface area contributed by atoms with Crippen molar-refractivity contribution in [3.8, 4) is 5.75 Å². The van der Waals surface area contributed by atoms with E-state index in [2.05, 4.69) is 4.98 Å². The molecule has 8 heteroatoms. The van der Waals surface area contributed by atoms with Gasteiger partial charge in [0.1, 0.15) is 11.8 Å². The van der Waals surface area contributed by atoms with Crippen molar-refractivity contribution in [2.24, 2.45) is 5.92 Å². The first kappa shape index (κ1) is 19.9. The Morgan fingerprint density at radius 3 is 2.35 bits per heavy atom. The van der Waals surface area contributed by atoms with Crippen LogP contribution in [0.2, 0.25) is 0 Å². The van der Waals surface area contributed by atoms with Gasteiger partial charge in [-0.1, -0.05) is 19.9 Å². The molecule has 0 radical (unpaired) electrons. The van der Waals surface area contributed by atoms with Crippen LogP contribution in [0, 0.1) is 5.92 Å². The number of pyridine rings is 1. The number of sulfonamides is 1. The van der Waals surface area contributed by atoms with Crippen molar-refractivity contribution in [1.82, 2.24) is 9.29 Å². The topological polar surface area (TPSA) is 96.8 Å². The molecule has 1 aromatic carbocycles. The maximum atomic E-state index is 13.2. The standard InChI is InChI=1S/C18H22N2O5S/c1-13(2)17(18(21)22)20(12-14-5-4-10-19-11-14)26(23,24)16-8-6-15(25-3)7-9-16/h4-11,13,17H,12H2,1-3H3,(H,21,22). The summed E-state index contributed by atoms with van der Waals surface area (Å²) in [6, 6.07) is 8.05. The summed E-state index contributed by atoms with van der Waals surface area (Å²) in [6.45, 7) is 3.27. The normalized spacial score (nSPS) is 13.0. The van der Waals surface area contributed by atoms with Gasteiger partial charge in [0.2, 0.25) is 10.0 Å². The van der Waals surface area contributed by atoms with E-state index >= 15 is 0 Å². The molecule has 0 fully saturated rings. The van der Waals surface area contributed by atoms with Gasteiger partial charge in [-0.2, -0.15) is 4.31 Å². The fraction of sp³-hybridized carbons (Fsp3) is 0.333. The monoisotopic (exact) mass is 378 g/mol. The summed E-state index contributed by atoms with van der Waals surface area (Å²) in [5.74, 6) is -1.10. The van der Waals surface area contributed by atoms with Crippen LogP contribution in [0.15, 0.2) is 53.7 Å². The maximum Gasteiger partial charge on any atom is 0.322 e. The number of carboxylic acid groups (broad SMARTS) is 1. The van der Waals surface area contributed by atoms with E-state index in [0.717, 1.165) is 4.31 Å². The molecule has 1 N–H and O–H groups in total. The average molecular weight is 378 g/mol. The van der Waals surface area contributed by atoms with E-state index in [0.29, 0.717) is 11.3 Å². The van der Waals surface area contributed by atoms with Crippen LogP contribution in [-0.2, 0) is 21.4 Å². The minimum atomic E-state index is -4.04. The summed E-state index contributed by atoms with van der Waals surface area (Å²) in [5, 5.41) is 9.64. The molecule has 1 aromatic heterocycles. The molecular formula is C18H22N2O5S. The number of benzene rings is 1. The van der Waals surface area contributed by atoms with Crippen LogP contribution >= 0.6 is 0 Å². The van der Waals surface area contributed by atoms with Gasteiger partial charge in [-0.25, -0.2) is 8.42 Å². The molecule has 140 valence electrons. The first-order valence-corrected chi connectivity index (χ1v) is 9.49. The Bertz CT molecular complexity index is 836. The number of carboxylic acids is 1. The van der Waals surface area contributed by atoms with Crippen molar-refractivity contribution in [1.29, 1.82) is 0 Å². The molecule has 0 aliphatic heterocycles. The number of rotatable bonds is 8. The predicted octanol–water partition coefficient (Wildman–Crippen LogP) is 2.39. The van der Waals surface area contributed by atoms with Crippen LogP contribution in [-0.4, -0.2) is 41.9 Å². The smallest absolute Gasteiger partial charge is 0.322 e. The van der Waals surface area contributed by atoms with Gasteiger partial charge in [-0.3, -0.25) is 9.78 Å². The Morgan fingerprint density at radius 1 is 1.23 bits per heavy atom. The highest BCUT2D eigenvalue weighted by molar-refractivity contribution is 7.89. The van der Waals surface area contributed by atoms with Crippen LogP contribution in [0.1, 0.15) is 19.4 Å². The first-order chi connectivity index (χ1) is 12.3. The average Bonchev–Trinajstić information content (AvgIpc) is 2.61. The van der Waals surface area contributed by atoms with Crippen molar-refractivity contribution in [3.63, 3.8) is 0 Å². The molecule has 0 saturated carbocycles. The van der Waals surface area contributed by atoms with Crippen LogP contribution in [0.4, 0.5) is 0 Å². The number of nitrogens with zero attached hydrogens (tertiary/aromatic N) is 2. The molecule has 1 atom stereocenters. The Labute approximate surface area is 153 Å². The first-order valence-electron chi connectivity index (χ1n) is 8.05. The number of hydrogen-bond acceptors (Lipinski definition) is 5. The summed E-state index contributed by atoms with van der Waals surface area (Å²) in [6.07, 6.45) is 3.10. The minimum Gasteiger partial charge on any atom is -0.497 e. The highest BCUT2D eigenvalue weighted by atomic mass is 32.2. The minimum absolute atomic E-state index is 0.00842. The van der Waals surface area contributed by atoms with Crippen LogP contribution < -0.4 is 4.74 Å². The maximum absolute atomic E-state index is 13.2. The number of hydrogen-bond donors (Lipinski definition) is 1. The molecule has 7 nitrogen and oxygen atoms in total. The van der Waals surface area contributed by atoms with Crippen molar-refractivity contribution >= 4 is 16.0 Å². The van der Waals surface area contributed by atoms with Gasteiger partial charge in [0.05, 0.1) is 12.0 Å². The summed E-state index contributed by atoms with van der Waals surface area (Å²) < 4.78 is 32.4. The molecule has 2 rings (SSSR count). The zero-order valence-electron chi connectivity index (χ0n) is 14.9. The second-order valence-electron chi connectivity index (χ2n) is 6.11. The lowest BCUT2D eigenvalue weighted by atomic mass is 10.0. The van der Waals surface area contributed by atoms with E-state index in [4.69, 9.17) is 4.74 Å². The highest BCUT2D eigenvalue weighted by Gasteiger charge is 2.38. The van der Waals surface area contributed by atoms with Gasteiger partial charge in [-0.15, -0.1) is 0 Å². The largest absolute Gasteiger partial charge is 0.497 e. The fourth-order valence-electron chi connectivity index (χ4n) is 2.63. The van der Waals surface area contributed by atoms with Crippen molar-refractivity contribution in [2.45, 2.75) is 31.3 Å². The SMILES string of the molecule is COc1ccc(S(=O)(=O)N(Cc2cccnc2)C(C(=O)O)C(C)C)cc1. The highest BCUT2D eigenvalue weighted by Crippen LogP contribution is 2.26. The number of aliphatic carboxylic acids is 1. The second-order valence-corrected chi connectivity index (χ2v) is 8.00. The second kappa shape index (κ2) is 8.29. The Balaban J connectivity index is 2.51. The lowest BCUT2D eigenvalue weighted by molar-refractivity contribution is -0.143. The zero-order valence-corrected chi connectivity index (χ0v) is 15.7. The van der Waals surface area contributed by atoms with Gasteiger partial charge in [0.15, 0.2) is 0 Å². The number of carbonyl (C=O) groups is 1. The van der Waals surface area contributed by atoms with E-state index in [-0.39, 0.29) is 11.4 Å². The van der Waals surface area contributed by atoms with Crippen LogP contribution in [0.3, 0.4) is 0 Å². The lowest BCUT2D eigenvalue weighted by Gasteiger charge is -2.30. The third-order valence-corrected chi connectivity index (χ3v) is 5.76. The Morgan fingerprint density at radius 2 is 1.88 bits per heavy atom. The van der Waals surface area contributed by atoms with E-state index in [9.17, 15) is 18.3 Å². The summed E-state index contributed by atoms with van der Waals surface area (Å²) in [7, 11) is -2.56. The number of ether oxygens (including phenoxy) is 1. The molecule has 26 heavy (non-hydrogen) atoms. The molecule has 0 saturated heterocycles. The lowest BCUT2D eigenvalue weighted by Crippen LogP contribution is -2.47. The van der Waals surface area contributed by atoms with E-state index < -0.39 is 28.0 Å². The molecule has 1 unspecified atom stereocenters. The molecular weight excluding hydrogens is 356 g/mol. The predicted molar refractivity (Wildman–Crippen MR) is 96.2 cm³/mol. The van der Waals surface area contributed by atoms with Gasteiger partial charge in [0.25, 0.3) is 0 Å². The van der Waals surface area contributed by atoms with Gasteiger partial charge < -0.3 is 9.84 Å². The number of methoxy groups -OCH3 is 1. The van der Waals surface area contributed by atoms with Crippen molar-refractivity contribution < 1.29 is 23.1 Å². The van der Waals surface area contributed by atoms with Gasteiger partial charge >= 0.3 is 5.97 Å². The molecule has 2 aromatic rings. The summed E-state index contributed by atoms with van der Waals surface area (Å²) >= 11 is 0. The van der Waals surface area contributed by atoms with Crippen LogP contribution in [0.5, 0.6) is 5.75 Å². The quantitative estimate of drug-likeness (QED) is 0.758. The molecule has 1 heterocycles. The molecule has 0 aliphatic carbocycles.